The van der Waals surface area contributed by atoms with Crippen molar-refractivity contribution in [1.82, 2.24) is 0 Å². The van der Waals surface area contributed by atoms with E-state index in [2.05, 4.69) is 31.4 Å². The van der Waals surface area contributed by atoms with Crippen molar-refractivity contribution in [2.24, 2.45) is 5.92 Å². The molecule has 10 heteroatoms. The minimum Gasteiger partial charge on any atom is -0.462 e. The van der Waals surface area contributed by atoms with E-state index in [1.165, 1.54) is 122 Å². The second-order valence-electron chi connectivity index (χ2n) is 15.9. The SMILES string of the molecule is CCCCC/C=C\C=C\C(=O)CCCCCCCC(=O)O[C@H](COC(=O)CCCCCCCCCCCCCCCCCCCCC(C)C)COP(=O)(O)O. The summed E-state index contributed by atoms with van der Waals surface area (Å²) in [7, 11) is -4.78. The average molecular weight is 799 g/mol. The lowest BCUT2D eigenvalue weighted by atomic mass is 10.0. The van der Waals surface area contributed by atoms with Gasteiger partial charge in [0, 0.05) is 19.3 Å². The normalized spacial score (nSPS) is 12.6. The third-order valence-corrected chi connectivity index (χ3v) is 10.4. The van der Waals surface area contributed by atoms with Crippen LogP contribution in [0.25, 0.3) is 0 Å². The van der Waals surface area contributed by atoms with Gasteiger partial charge in [0.1, 0.15) is 6.61 Å². The maximum Gasteiger partial charge on any atom is 0.469 e. The lowest BCUT2D eigenvalue weighted by molar-refractivity contribution is -0.161. The van der Waals surface area contributed by atoms with Crippen molar-refractivity contribution in [2.75, 3.05) is 13.2 Å². The Morgan fingerprint density at radius 2 is 1.02 bits per heavy atom. The highest BCUT2D eigenvalue weighted by atomic mass is 31.2. The minimum absolute atomic E-state index is 0.113. The number of allylic oxidation sites excluding steroid dienone is 4. The number of esters is 2. The van der Waals surface area contributed by atoms with Gasteiger partial charge in [-0.3, -0.25) is 18.9 Å². The maximum atomic E-state index is 12.4. The van der Waals surface area contributed by atoms with Gasteiger partial charge in [-0.1, -0.05) is 187 Å². The summed E-state index contributed by atoms with van der Waals surface area (Å²) in [6.07, 6.45) is 40.1. The van der Waals surface area contributed by atoms with Gasteiger partial charge >= 0.3 is 19.8 Å². The quantitative estimate of drug-likeness (QED) is 0.0204. The van der Waals surface area contributed by atoms with Gasteiger partial charge in [0.05, 0.1) is 6.61 Å². The topological polar surface area (TPSA) is 136 Å². The van der Waals surface area contributed by atoms with Crippen molar-refractivity contribution < 1.29 is 42.7 Å². The highest BCUT2D eigenvalue weighted by Crippen LogP contribution is 2.36. The third kappa shape index (κ3) is 43.2. The van der Waals surface area contributed by atoms with Crippen LogP contribution in [0.15, 0.2) is 24.3 Å². The molecule has 0 unspecified atom stereocenters. The van der Waals surface area contributed by atoms with Crippen LogP contribution in [0.1, 0.15) is 220 Å². The van der Waals surface area contributed by atoms with Crippen molar-refractivity contribution in [3.63, 3.8) is 0 Å². The van der Waals surface area contributed by atoms with Gasteiger partial charge in [0.2, 0.25) is 0 Å². The Morgan fingerprint density at radius 1 is 0.564 bits per heavy atom. The van der Waals surface area contributed by atoms with Gasteiger partial charge in [-0.2, -0.15) is 0 Å². The van der Waals surface area contributed by atoms with Crippen molar-refractivity contribution in [3.8, 4) is 0 Å². The lowest BCUT2D eigenvalue weighted by Gasteiger charge is -2.18. The fourth-order valence-electron chi connectivity index (χ4n) is 6.48. The number of carbonyl (C=O) groups is 3. The number of ether oxygens (including phenoxy) is 2. The second-order valence-corrected chi connectivity index (χ2v) is 17.1. The summed E-state index contributed by atoms with van der Waals surface area (Å²) in [5.74, 6) is -0.0107. The number of hydrogen-bond acceptors (Lipinski definition) is 7. The molecule has 0 fully saturated rings. The molecule has 55 heavy (non-hydrogen) atoms. The van der Waals surface area contributed by atoms with Crippen LogP contribution >= 0.6 is 7.82 Å². The van der Waals surface area contributed by atoms with Gasteiger partial charge in [-0.15, -0.1) is 0 Å². The first-order chi connectivity index (χ1) is 26.5. The molecule has 9 nitrogen and oxygen atoms in total. The van der Waals surface area contributed by atoms with E-state index in [1.54, 1.807) is 6.08 Å². The van der Waals surface area contributed by atoms with E-state index in [4.69, 9.17) is 19.3 Å². The van der Waals surface area contributed by atoms with Gasteiger partial charge in [0.25, 0.3) is 0 Å². The van der Waals surface area contributed by atoms with Gasteiger partial charge < -0.3 is 19.3 Å². The predicted octanol–water partition coefficient (Wildman–Crippen LogP) is 13.0. The molecule has 0 rings (SSSR count). The zero-order valence-electron chi connectivity index (χ0n) is 35.5. The van der Waals surface area contributed by atoms with Crippen LogP contribution in [-0.4, -0.2) is 46.8 Å². The molecule has 0 bridgehead atoms. The van der Waals surface area contributed by atoms with Crippen LogP contribution in [0.2, 0.25) is 0 Å². The molecule has 322 valence electrons. The number of rotatable bonds is 41. The summed E-state index contributed by atoms with van der Waals surface area (Å²) >= 11 is 0. The number of unbranched alkanes of at least 4 members (excludes halogenated alkanes) is 24. The number of hydrogen-bond donors (Lipinski definition) is 2. The first-order valence-corrected chi connectivity index (χ1v) is 24.0. The number of phosphoric acid groups is 1. The fraction of sp³-hybridized carbons (Fsp3) is 0.844. The molecule has 0 heterocycles. The van der Waals surface area contributed by atoms with Crippen molar-refractivity contribution in [2.45, 2.75) is 226 Å². The van der Waals surface area contributed by atoms with Crippen molar-refractivity contribution in [1.29, 1.82) is 0 Å². The van der Waals surface area contributed by atoms with Gasteiger partial charge in [0.15, 0.2) is 11.9 Å². The smallest absolute Gasteiger partial charge is 0.462 e. The molecule has 0 spiro atoms. The van der Waals surface area contributed by atoms with Gasteiger partial charge in [-0.25, -0.2) is 4.57 Å². The Hall–Kier alpha value is -1.80. The molecule has 0 aromatic carbocycles. The van der Waals surface area contributed by atoms with E-state index < -0.39 is 32.5 Å². The highest BCUT2D eigenvalue weighted by Gasteiger charge is 2.23. The molecule has 0 aliphatic rings. The molecule has 0 radical (unpaired) electrons. The molecular formula is C45H83O9P. The lowest BCUT2D eigenvalue weighted by Crippen LogP contribution is -2.29. The molecule has 1 atom stereocenters. The third-order valence-electron chi connectivity index (χ3n) is 9.88. The van der Waals surface area contributed by atoms with Crippen molar-refractivity contribution >= 4 is 25.5 Å². The van der Waals surface area contributed by atoms with E-state index >= 15 is 0 Å². The second kappa shape index (κ2) is 39.0. The Morgan fingerprint density at radius 3 is 1.49 bits per heavy atom. The Labute approximate surface area is 336 Å². The van der Waals surface area contributed by atoms with Crippen LogP contribution in [0, 0.1) is 5.92 Å². The molecular weight excluding hydrogens is 715 g/mol. The largest absolute Gasteiger partial charge is 0.469 e. The van der Waals surface area contributed by atoms with E-state index in [0.717, 1.165) is 50.9 Å². The van der Waals surface area contributed by atoms with Crippen LogP contribution in [0.4, 0.5) is 0 Å². The molecule has 0 saturated carbocycles. The molecule has 0 saturated heterocycles. The van der Waals surface area contributed by atoms with E-state index in [9.17, 15) is 18.9 Å². The number of phosphoric ester groups is 1. The van der Waals surface area contributed by atoms with Crippen LogP contribution in [0.5, 0.6) is 0 Å². The summed E-state index contributed by atoms with van der Waals surface area (Å²) in [5.41, 5.74) is 0. The Bertz CT molecular complexity index is 1020. The van der Waals surface area contributed by atoms with Crippen LogP contribution < -0.4 is 0 Å². The zero-order chi connectivity index (χ0) is 40.7. The van der Waals surface area contributed by atoms with Crippen molar-refractivity contribution in [3.05, 3.63) is 24.3 Å². The van der Waals surface area contributed by atoms with Crippen LogP contribution in [0.3, 0.4) is 0 Å². The molecule has 2 N–H and O–H groups in total. The first-order valence-electron chi connectivity index (χ1n) is 22.4. The van der Waals surface area contributed by atoms with E-state index in [0.29, 0.717) is 19.3 Å². The highest BCUT2D eigenvalue weighted by molar-refractivity contribution is 7.46. The monoisotopic (exact) mass is 799 g/mol. The summed E-state index contributed by atoms with van der Waals surface area (Å²) in [4.78, 5) is 54.9. The zero-order valence-corrected chi connectivity index (χ0v) is 36.4. The molecule has 0 aliphatic carbocycles. The molecule has 0 aromatic rings. The molecule has 0 aromatic heterocycles. The average Bonchev–Trinajstić information content (AvgIpc) is 3.13. The first kappa shape index (κ1) is 53.2. The van der Waals surface area contributed by atoms with E-state index in [-0.39, 0.29) is 25.2 Å². The number of carbonyl (C=O) groups excluding carboxylic acids is 3. The summed E-state index contributed by atoms with van der Waals surface area (Å²) < 4.78 is 26.4. The Balaban J connectivity index is 3.90. The van der Waals surface area contributed by atoms with Crippen LogP contribution in [-0.2, 0) is 32.9 Å². The summed E-state index contributed by atoms with van der Waals surface area (Å²) in [5, 5.41) is 0. The number of ketones is 1. The van der Waals surface area contributed by atoms with E-state index in [1.807, 2.05) is 12.2 Å². The fourth-order valence-corrected chi connectivity index (χ4v) is 6.84. The summed E-state index contributed by atoms with van der Waals surface area (Å²) in [6, 6.07) is 0. The predicted molar refractivity (Wildman–Crippen MR) is 226 cm³/mol. The molecule has 0 aliphatic heterocycles. The summed E-state index contributed by atoms with van der Waals surface area (Å²) in [6.45, 7) is 5.91. The van der Waals surface area contributed by atoms with Gasteiger partial charge in [-0.05, 0) is 44.1 Å². The maximum absolute atomic E-state index is 12.4. The minimum atomic E-state index is -4.78. The molecule has 0 amide bonds. The standard InChI is InChI=1S/C45H83O9P/c1-4-5-6-7-20-25-30-35-42(46)36-31-26-23-28-33-38-45(48)54-43(40-53-55(49,50)51)39-52-44(47)37-32-27-22-19-17-15-13-11-9-8-10-12-14-16-18-21-24-29-34-41(2)3/h20,25,30,35,41,43H,4-19,21-24,26-29,31-34,36-40H2,1-3H3,(H2,49,50,51)/b25-20-,35-30+/t43-/m1/s1. The Kier molecular flexibility index (Phi) is 37.8.